The number of fused-ring (bicyclic) bond motifs is 3. The minimum Gasteiger partial charge on any atom is -0.448 e. The van der Waals surface area contributed by atoms with Crippen molar-refractivity contribution in [2.45, 2.75) is 25.9 Å². The van der Waals surface area contributed by atoms with Crippen molar-refractivity contribution in [1.82, 2.24) is 0 Å². The lowest BCUT2D eigenvalue weighted by Crippen LogP contribution is -2.30. The van der Waals surface area contributed by atoms with Gasteiger partial charge in [-0.05, 0) is 42.5 Å². The van der Waals surface area contributed by atoms with Gasteiger partial charge in [0, 0.05) is 4.88 Å². The van der Waals surface area contributed by atoms with E-state index in [-0.39, 0.29) is 0 Å². The highest BCUT2D eigenvalue weighted by atomic mass is 32.1. The van der Waals surface area contributed by atoms with Gasteiger partial charge in [-0.15, -0.1) is 11.3 Å². The predicted molar refractivity (Wildman–Crippen MR) is 81.2 cm³/mol. The summed E-state index contributed by atoms with van der Waals surface area (Å²) in [7, 11) is 0. The zero-order chi connectivity index (χ0) is 15.0. The molecule has 1 aromatic carbocycles. The van der Waals surface area contributed by atoms with Crippen molar-refractivity contribution in [2.24, 2.45) is 5.73 Å². The van der Waals surface area contributed by atoms with E-state index in [0.29, 0.717) is 4.88 Å². The third kappa shape index (κ3) is 2.56. The van der Waals surface area contributed by atoms with E-state index in [1.807, 2.05) is 18.2 Å². The van der Waals surface area contributed by atoms with Crippen LogP contribution < -0.4 is 5.73 Å². The van der Waals surface area contributed by atoms with Crippen molar-refractivity contribution < 1.29 is 14.3 Å². The van der Waals surface area contributed by atoms with Gasteiger partial charge < -0.3 is 10.5 Å². The third-order valence-corrected chi connectivity index (χ3v) is 4.81. The molecule has 21 heavy (non-hydrogen) atoms. The van der Waals surface area contributed by atoms with Crippen LogP contribution in [0.15, 0.2) is 30.3 Å². The summed E-state index contributed by atoms with van der Waals surface area (Å²) in [6.45, 7) is 1.48. The van der Waals surface area contributed by atoms with E-state index < -0.39 is 18.0 Å². The summed E-state index contributed by atoms with van der Waals surface area (Å²) in [5.41, 5.74) is 8.76. The lowest BCUT2D eigenvalue weighted by molar-refractivity contribution is -0.125. The molecule has 2 N–H and O–H groups in total. The van der Waals surface area contributed by atoms with Crippen LogP contribution in [0.5, 0.6) is 0 Å². The predicted octanol–water partition coefficient (Wildman–Crippen LogP) is 2.54. The van der Waals surface area contributed by atoms with Crippen LogP contribution in [-0.2, 0) is 22.4 Å². The molecule has 1 aliphatic rings. The fourth-order valence-electron chi connectivity index (χ4n) is 2.45. The van der Waals surface area contributed by atoms with Crippen LogP contribution in [0.25, 0.3) is 10.4 Å². The van der Waals surface area contributed by atoms with E-state index in [1.165, 1.54) is 29.4 Å². The molecular weight excluding hydrogens is 286 g/mol. The Balaban J connectivity index is 1.90. The van der Waals surface area contributed by atoms with Crippen molar-refractivity contribution >= 4 is 23.2 Å². The molecule has 1 atom stereocenters. The molecule has 0 bridgehead atoms. The molecule has 0 fully saturated rings. The first-order chi connectivity index (χ1) is 10.1. The zero-order valence-electron chi connectivity index (χ0n) is 11.6. The molecular formula is C16H15NO3S. The second-order valence-corrected chi connectivity index (χ2v) is 6.12. The van der Waals surface area contributed by atoms with Crippen LogP contribution in [0.4, 0.5) is 0 Å². The molecule has 0 radical (unpaired) electrons. The van der Waals surface area contributed by atoms with Gasteiger partial charge in [0.25, 0.3) is 5.91 Å². The third-order valence-electron chi connectivity index (χ3n) is 3.62. The number of carbonyl (C=O) groups excluding carboxylic acids is 2. The monoisotopic (exact) mass is 301 g/mol. The molecule has 5 heteroatoms. The van der Waals surface area contributed by atoms with Gasteiger partial charge in [-0.1, -0.05) is 24.3 Å². The normalized spacial score (nSPS) is 14.0. The van der Waals surface area contributed by atoms with E-state index in [2.05, 4.69) is 12.1 Å². The van der Waals surface area contributed by atoms with E-state index in [9.17, 15) is 9.59 Å². The van der Waals surface area contributed by atoms with Gasteiger partial charge in [0.15, 0.2) is 6.10 Å². The Kier molecular flexibility index (Phi) is 3.51. The molecule has 1 heterocycles. The van der Waals surface area contributed by atoms with Gasteiger partial charge in [-0.2, -0.15) is 0 Å². The maximum absolute atomic E-state index is 12.1. The number of hydrogen-bond acceptors (Lipinski definition) is 4. The molecule has 0 saturated heterocycles. The largest absolute Gasteiger partial charge is 0.448 e. The van der Waals surface area contributed by atoms with Gasteiger partial charge in [-0.3, -0.25) is 4.79 Å². The smallest absolute Gasteiger partial charge is 0.349 e. The Morgan fingerprint density at radius 3 is 2.71 bits per heavy atom. The number of hydrogen-bond donors (Lipinski definition) is 1. The summed E-state index contributed by atoms with van der Waals surface area (Å²) >= 11 is 1.41. The number of rotatable bonds is 3. The second kappa shape index (κ2) is 5.33. The summed E-state index contributed by atoms with van der Waals surface area (Å²) in [6, 6.07) is 10.1. The van der Waals surface area contributed by atoms with Gasteiger partial charge in [-0.25, -0.2) is 4.79 Å². The highest BCUT2D eigenvalue weighted by Gasteiger charge is 2.23. The van der Waals surface area contributed by atoms with Crippen molar-refractivity contribution in [3.8, 4) is 10.4 Å². The Labute approximate surface area is 126 Å². The van der Waals surface area contributed by atoms with Gasteiger partial charge in [0.1, 0.15) is 4.88 Å². The quantitative estimate of drug-likeness (QED) is 0.886. The summed E-state index contributed by atoms with van der Waals surface area (Å²) in [5, 5.41) is 0. The zero-order valence-corrected chi connectivity index (χ0v) is 12.4. The van der Waals surface area contributed by atoms with Crippen LogP contribution in [-0.4, -0.2) is 18.0 Å². The first-order valence-corrected chi connectivity index (χ1v) is 7.59. The van der Waals surface area contributed by atoms with Gasteiger partial charge >= 0.3 is 5.97 Å². The van der Waals surface area contributed by atoms with Gasteiger partial charge in [0.05, 0.1) is 0 Å². The van der Waals surface area contributed by atoms with Crippen molar-refractivity contribution in [3.05, 3.63) is 46.3 Å². The van der Waals surface area contributed by atoms with Crippen LogP contribution in [0.2, 0.25) is 0 Å². The number of primary amides is 1. The number of nitrogens with two attached hydrogens (primary N) is 1. The Morgan fingerprint density at radius 1 is 1.24 bits per heavy atom. The number of amides is 1. The lowest BCUT2D eigenvalue weighted by atomic mass is 9.91. The number of thiophene rings is 1. The number of ether oxygens (including phenoxy) is 1. The first kappa shape index (κ1) is 13.8. The fourth-order valence-corrected chi connectivity index (χ4v) is 3.60. The highest BCUT2D eigenvalue weighted by Crippen LogP contribution is 2.39. The molecule has 0 spiro atoms. The molecule has 1 aliphatic carbocycles. The van der Waals surface area contributed by atoms with Crippen LogP contribution >= 0.6 is 11.3 Å². The topological polar surface area (TPSA) is 69.4 Å². The lowest BCUT2D eigenvalue weighted by Gasteiger charge is -2.15. The highest BCUT2D eigenvalue weighted by molar-refractivity contribution is 7.17. The van der Waals surface area contributed by atoms with Crippen molar-refractivity contribution in [3.63, 3.8) is 0 Å². The fraction of sp³-hybridized carbons (Fsp3) is 0.250. The Hall–Kier alpha value is -2.14. The maximum atomic E-state index is 12.1. The van der Waals surface area contributed by atoms with Crippen molar-refractivity contribution in [1.29, 1.82) is 0 Å². The van der Waals surface area contributed by atoms with E-state index in [4.69, 9.17) is 10.5 Å². The second-order valence-electron chi connectivity index (χ2n) is 5.07. The first-order valence-electron chi connectivity index (χ1n) is 6.77. The standard InChI is InChI=1S/C16H15NO3S/c1-9(15(17)18)20-16(19)13-8-11-7-6-10-4-2-3-5-12(10)14(11)21-13/h2-5,8-9H,6-7H2,1H3,(H2,17,18)/t9-/m0/s1. The van der Waals surface area contributed by atoms with Crippen LogP contribution in [0, 0.1) is 0 Å². The molecule has 2 aromatic rings. The van der Waals surface area contributed by atoms with E-state index >= 15 is 0 Å². The van der Waals surface area contributed by atoms with Crippen LogP contribution in [0.1, 0.15) is 27.7 Å². The average Bonchev–Trinajstić information content (AvgIpc) is 2.91. The molecule has 4 nitrogen and oxygen atoms in total. The molecule has 1 aromatic heterocycles. The average molecular weight is 301 g/mol. The summed E-state index contributed by atoms with van der Waals surface area (Å²) in [6.07, 6.45) is 0.983. The summed E-state index contributed by atoms with van der Waals surface area (Å²) < 4.78 is 5.06. The number of benzene rings is 1. The number of esters is 1. The Bertz CT molecular complexity index is 720. The summed E-state index contributed by atoms with van der Waals surface area (Å²) in [5.74, 6) is -1.13. The molecule has 1 amide bonds. The summed E-state index contributed by atoms with van der Waals surface area (Å²) in [4.78, 5) is 24.7. The van der Waals surface area contributed by atoms with Crippen molar-refractivity contribution in [2.75, 3.05) is 0 Å². The van der Waals surface area contributed by atoms with Gasteiger partial charge in [0.2, 0.25) is 0 Å². The van der Waals surface area contributed by atoms with Crippen LogP contribution in [0.3, 0.4) is 0 Å². The SMILES string of the molecule is C[C@H](OC(=O)c1cc2c(s1)-c1ccccc1CC2)C(N)=O. The molecule has 3 rings (SSSR count). The minimum absolute atomic E-state index is 0.488. The number of carbonyl (C=O) groups is 2. The molecule has 0 saturated carbocycles. The molecule has 0 unspecified atom stereocenters. The molecule has 0 aliphatic heterocycles. The molecule has 108 valence electrons. The Morgan fingerprint density at radius 2 is 1.95 bits per heavy atom. The van der Waals surface area contributed by atoms with E-state index in [1.54, 1.807) is 0 Å². The number of aryl methyl sites for hydroxylation is 2. The minimum atomic E-state index is -0.913. The van der Waals surface area contributed by atoms with E-state index in [0.717, 1.165) is 23.3 Å². The maximum Gasteiger partial charge on any atom is 0.349 e.